The third-order valence-corrected chi connectivity index (χ3v) is 4.79. The minimum atomic E-state index is -0.540. The van der Waals surface area contributed by atoms with Crippen LogP contribution in [0.3, 0.4) is 0 Å². The van der Waals surface area contributed by atoms with Crippen molar-refractivity contribution in [3.63, 3.8) is 0 Å². The lowest BCUT2D eigenvalue weighted by Gasteiger charge is -2.41. The number of carbonyl (C=O) groups excluding carboxylic acids is 1. The zero-order chi connectivity index (χ0) is 16.3. The molecule has 1 aromatic carbocycles. The number of aromatic hydroxyl groups is 1. The highest BCUT2D eigenvalue weighted by Crippen LogP contribution is 2.31. The highest BCUT2D eigenvalue weighted by Gasteiger charge is 2.34. The standard InChI is InChI=1S/C15H20Cl2N2O3/c1-10(21)18-15(9-20)2-4-19(5-3-15)8-11-6-12(16)13(17)7-14(11)22/h6-7,20,22H,2-5,8-9H2,1H3,(H,18,21). The summed E-state index contributed by atoms with van der Waals surface area (Å²) in [7, 11) is 0. The zero-order valence-corrected chi connectivity index (χ0v) is 13.9. The van der Waals surface area contributed by atoms with Crippen molar-refractivity contribution in [3.8, 4) is 5.75 Å². The summed E-state index contributed by atoms with van der Waals surface area (Å²) in [6.07, 6.45) is 1.32. The molecule has 0 saturated carbocycles. The molecule has 1 saturated heterocycles. The van der Waals surface area contributed by atoms with Crippen molar-refractivity contribution in [2.75, 3.05) is 19.7 Å². The molecule has 3 N–H and O–H groups in total. The third kappa shape index (κ3) is 4.04. The molecule has 1 aliphatic rings. The average Bonchev–Trinajstić information content (AvgIpc) is 2.46. The number of nitrogens with zero attached hydrogens (tertiary/aromatic N) is 1. The van der Waals surface area contributed by atoms with E-state index in [4.69, 9.17) is 23.2 Å². The molecule has 0 unspecified atom stereocenters. The number of rotatable bonds is 4. The molecule has 0 atom stereocenters. The van der Waals surface area contributed by atoms with E-state index in [0.717, 1.165) is 0 Å². The summed E-state index contributed by atoms with van der Waals surface area (Å²) in [5.41, 5.74) is 0.174. The topological polar surface area (TPSA) is 72.8 Å². The van der Waals surface area contributed by atoms with Gasteiger partial charge < -0.3 is 15.5 Å². The second-order valence-corrected chi connectivity index (χ2v) is 6.61. The number of phenols is 1. The summed E-state index contributed by atoms with van der Waals surface area (Å²) >= 11 is 11.8. The maximum Gasteiger partial charge on any atom is 0.217 e. The number of benzene rings is 1. The van der Waals surface area contributed by atoms with E-state index < -0.39 is 5.54 Å². The molecule has 0 aliphatic carbocycles. The quantitative estimate of drug-likeness (QED) is 0.781. The Balaban J connectivity index is 2.00. The fraction of sp³-hybridized carbons (Fsp3) is 0.533. The number of aliphatic hydroxyl groups is 1. The monoisotopic (exact) mass is 346 g/mol. The summed E-state index contributed by atoms with van der Waals surface area (Å²) in [5, 5.41) is 23.1. The van der Waals surface area contributed by atoms with E-state index in [1.807, 2.05) is 0 Å². The predicted molar refractivity (Wildman–Crippen MR) is 86.3 cm³/mol. The number of piperidine rings is 1. The second-order valence-electron chi connectivity index (χ2n) is 5.79. The molecule has 122 valence electrons. The van der Waals surface area contributed by atoms with Crippen LogP contribution in [0.5, 0.6) is 5.75 Å². The first-order valence-corrected chi connectivity index (χ1v) is 7.90. The molecule has 0 aromatic heterocycles. The summed E-state index contributed by atoms with van der Waals surface area (Å²) in [6, 6.07) is 3.11. The molecule has 7 heteroatoms. The summed E-state index contributed by atoms with van der Waals surface area (Å²) in [6.45, 7) is 3.35. The average molecular weight is 347 g/mol. The van der Waals surface area contributed by atoms with Gasteiger partial charge in [0.2, 0.25) is 5.91 Å². The largest absolute Gasteiger partial charge is 0.508 e. The van der Waals surface area contributed by atoms with Crippen LogP contribution in [-0.2, 0) is 11.3 Å². The van der Waals surface area contributed by atoms with E-state index in [-0.39, 0.29) is 18.3 Å². The van der Waals surface area contributed by atoms with Crippen LogP contribution in [0.25, 0.3) is 0 Å². The lowest BCUT2D eigenvalue weighted by molar-refractivity contribution is -0.122. The molecule has 0 bridgehead atoms. The molecule has 1 aromatic rings. The SMILES string of the molecule is CC(=O)NC1(CO)CCN(Cc2cc(Cl)c(Cl)cc2O)CC1. The van der Waals surface area contributed by atoms with E-state index in [1.54, 1.807) is 6.07 Å². The Hall–Kier alpha value is -1.01. The molecule has 1 heterocycles. The minimum Gasteiger partial charge on any atom is -0.508 e. The lowest BCUT2D eigenvalue weighted by atomic mass is 9.88. The molecule has 1 amide bonds. The van der Waals surface area contributed by atoms with E-state index in [2.05, 4.69) is 10.2 Å². The molecule has 1 fully saturated rings. The highest BCUT2D eigenvalue weighted by molar-refractivity contribution is 6.42. The normalized spacial score (nSPS) is 18.2. The summed E-state index contributed by atoms with van der Waals surface area (Å²) in [4.78, 5) is 13.4. The number of hydrogen-bond acceptors (Lipinski definition) is 4. The Labute approximate surface area is 139 Å². The molecule has 1 aliphatic heterocycles. The van der Waals surface area contributed by atoms with Gasteiger partial charge in [-0.15, -0.1) is 0 Å². The van der Waals surface area contributed by atoms with Crippen molar-refractivity contribution in [1.82, 2.24) is 10.2 Å². The second kappa shape index (κ2) is 7.04. The van der Waals surface area contributed by atoms with Crippen molar-refractivity contribution < 1.29 is 15.0 Å². The van der Waals surface area contributed by atoms with Crippen LogP contribution in [0.15, 0.2) is 12.1 Å². The first-order chi connectivity index (χ1) is 10.3. The first kappa shape index (κ1) is 17.3. The Kier molecular flexibility index (Phi) is 5.55. The maximum atomic E-state index is 11.3. The smallest absolute Gasteiger partial charge is 0.217 e. The number of phenolic OH excluding ortho intramolecular Hbond substituents is 1. The zero-order valence-electron chi connectivity index (χ0n) is 12.4. The van der Waals surface area contributed by atoms with Crippen LogP contribution in [0.1, 0.15) is 25.3 Å². The van der Waals surface area contributed by atoms with Gasteiger partial charge in [-0.3, -0.25) is 9.69 Å². The third-order valence-electron chi connectivity index (χ3n) is 4.07. The van der Waals surface area contributed by atoms with E-state index in [0.29, 0.717) is 48.1 Å². The van der Waals surface area contributed by atoms with Crippen LogP contribution >= 0.6 is 23.2 Å². The molecule has 0 spiro atoms. The van der Waals surface area contributed by atoms with Gasteiger partial charge in [0.1, 0.15) is 5.75 Å². The van der Waals surface area contributed by atoms with Crippen LogP contribution < -0.4 is 5.32 Å². The van der Waals surface area contributed by atoms with E-state index in [1.165, 1.54) is 13.0 Å². The number of likely N-dealkylation sites (tertiary alicyclic amines) is 1. The van der Waals surface area contributed by atoms with Gasteiger partial charge in [0.15, 0.2) is 0 Å². The first-order valence-electron chi connectivity index (χ1n) is 7.14. The fourth-order valence-electron chi connectivity index (χ4n) is 2.78. The van der Waals surface area contributed by atoms with Gasteiger partial charge in [0.05, 0.1) is 22.2 Å². The van der Waals surface area contributed by atoms with Crippen LogP contribution in [0, 0.1) is 0 Å². The molecule has 5 nitrogen and oxygen atoms in total. The van der Waals surface area contributed by atoms with Gasteiger partial charge in [-0.05, 0) is 18.9 Å². The Morgan fingerprint density at radius 3 is 2.45 bits per heavy atom. The number of carbonyl (C=O) groups is 1. The summed E-state index contributed by atoms with van der Waals surface area (Å²) < 4.78 is 0. The van der Waals surface area contributed by atoms with Crippen LogP contribution in [0.2, 0.25) is 10.0 Å². The Morgan fingerprint density at radius 1 is 1.32 bits per heavy atom. The molecular weight excluding hydrogens is 327 g/mol. The summed E-state index contributed by atoms with van der Waals surface area (Å²) in [5.74, 6) is -0.0140. The van der Waals surface area contributed by atoms with E-state index >= 15 is 0 Å². The number of nitrogens with one attached hydrogen (secondary N) is 1. The van der Waals surface area contributed by atoms with Crippen molar-refractivity contribution in [2.45, 2.75) is 31.8 Å². The number of aliphatic hydroxyl groups excluding tert-OH is 1. The van der Waals surface area contributed by atoms with Gasteiger partial charge in [-0.25, -0.2) is 0 Å². The van der Waals surface area contributed by atoms with Crippen molar-refractivity contribution >= 4 is 29.1 Å². The number of halogens is 2. The Morgan fingerprint density at radius 2 is 1.91 bits per heavy atom. The van der Waals surface area contributed by atoms with Gasteiger partial charge in [0, 0.05) is 38.2 Å². The van der Waals surface area contributed by atoms with Crippen molar-refractivity contribution in [1.29, 1.82) is 0 Å². The fourth-order valence-corrected chi connectivity index (χ4v) is 3.12. The molecular formula is C15H20Cl2N2O3. The minimum absolute atomic E-state index is 0.0710. The number of hydrogen-bond donors (Lipinski definition) is 3. The van der Waals surface area contributed by atoms with Gasteiger partial charge >= 0.3 is 0 Å². The van der Waals surface area contributed by atoms with Gasteiger partial charge in [-0.1, -0.05) is 23.2 Å². The van der Waals surface area contributed by atoms with Crippen molar-refractivity contribution in [3.05, 3.63) is 27.7 Å². The van der Waals surface area contributed by atoms with Gasteiger partial charge in [-0.2, -0.15) is 0 Å². The molecule has 2 rings (SSSR count). The van der Waals surface area contributed by atoms with E-state index in [9.17, 15) is 15.0 Å². The Bertz CT molecular complexity index is 558. The maximum absolute atomic E-state index is 11.3. The molecule has 22 heavy (non-hydrogen) atoms. The van der Waals surface area contributed by atoms with Gasteiger partial charge in [0.25, 0.3) is 0 Å². The predicted octanol–water partition coefficient (Wildman–Crippen LogP) is 2.16. The highest BCUT2D eigenvalue weighted by atomic mass is 35.5. The van der Waals surface area contributed by atoms with Crippen LogP contribution in [-0.4, -0.2) is 46.3 Å². The van der Waals surface area contributed by atoms with Crippen LogP contribution in [0.4, 0.5) is 0 Å². The van der Waals surface area contributed by atoms with Crippen molar-refractivity contribution in [2.24, 2.45) is 0 Å². The lowest BCUT2D eigenvalue weighted by Crippen LogP contribution is -2.56. The number of amides is 1. The molecule has 0 radical (unpaired) electrons.